The Balaban J connectivity index is 1.96. The van der Waals surface area contributed by atoms with Gasteiger partial charge in [0.25, 0.3) is 5.91 Å². The van der Waals surface area contributed by atoms with E-state index in [9.17, 15) is 23.1 Å². The van der Waals surface area contributed by atoms with E-state index in [0.717, 1.165) is 11.8 Å². The number of hydrogen-bond donors (Lipinski definition) is 3. The summed E-state index contributed by atoms with van der Waals surface area (Å²) in [6.45, 7) is 1.83. The maximum Gasteiger partial charge on any atom is 0.305 e. The monoisotopic (exact) mass is 442 g/mol. The number of para-hydroxylation sites is 1. The zero-order valence-corrected chi connectivity index (χ0v) is 17.8. The number of carbonyl (C=O) groups is 2. The highest BCUT2D eigenvalue weighted by atomic mass is 32.2. The van der Waals surface area contributed by atoms with Gasteiger partial charge in [-0.25, -0.2) is 13.1 Å². The van der Waals surface area contributed by atoms with Gasteiger partial charge in [0.05, 0.1) is 24.4 Å². The highest BCUT2D eigenvalue weighted by Crippen LogP contribution is 2.23. The number of carboxylic acids is 1. The highest BCUT2D eigenvalue weighted by Gasteiger charge is 2.23. The quantitative estimate of drug-likeness (QED) is 0.491. The van der Waals surface area contributed by atoms with Gasteiger partial charge in [-0.2, -0.15) is 5.10 Å². The molecular formula is C21H22N4O5S. The normalized spacial score (nSPS) is 12.2. The van der Waals surface area contributed by atoms with Crippen molar-refractivity contribution in [3.8, 4) is 5.69 Å². The summed E-state index contributed by atoms with van der Waals surface area (Å²) in [5, 5.41) is 16.2. The molecule has 1 amide bonds. The minimum absolute atomic E-state index is 0.0565. The molecule has 0 aliphatic rings. The van der Waals surface area contributed by atoms with Crippen LogP contribution in [0.4, 0.5) is 5.82 Å². The van der Waals surface area contributed by atoms with Crippen LogP contribution in [0.25, 0.3) is 5.69 Å². The van der Waals surface area contributed by atoms with Gasteiger partial charge in [0.15, 0.2) is 5.69 Å². The first-order chi connectivity index (χ1) is 14.6. The molecule has 0 aliphatic heterocycles. The molecule has 1 aromatic heterocycles. The number of nitrogens with zero attached hydrogens (tertiary/aromatic N) is 2. The Morgan fingerprint density at radius 2 is 1.74 bits per heavy atom. The molecule has 0 radical (unpaired) electrons. The molecule has 1 heterocycles. The predicted molar refractivity (Wildman–Crippen MR) is 116 cm³/mol. The summed E-state index contributed by atoms with van der Waals surface area (Å²) in [5.74, 6) is -1.60. The molecule has 2 aromatic carbocycles. The average molecular weight is 442 g/mol. The van der Waals surface area contributed by atoms with Crippen molar-refractivity contribution >= 4 is 27.7 Å². The number of benzene rings is 2. The highest BCUT2D eigenvalue weighted by molar-refractivity contribution is 7.92. The molecule has 0 spiro atoms. The van der Waals surface area contributed by atoms with E-state index >= 15 is 0 Å². The number of anilines is 1. The van der Waals surface area contributed by atoms with Crippen molar-refractivity contribution in [2.45, 2.75) is 19.4 Å². The lowest BCUT2D eigenvalue weighted by Crippen LogP contribution is -2.31. The predicted octanol–water partition coefficient (Wildman–Crippen LogP) is 2.50. The number of aromatic nitrogens is 2. The molecule has 0 fully saturated rings. The molecular weight excluding hydrogens is 420 g/mol. The fraction of sp³-hybridized carbons (Fsp3) is 0.190. The van der Waals surface area contributed by atoms with Crippen LogP contribution >= 0.6 is 0 Å². The first-order valence-electron chi connectivity index (χ1n) is 9.35. The Hall–Kier alpha value is -3.66. The minimum atomic E-state index is -3.63. The molecule has 3 rings (SSSR count). The molecule has 10 heteroatoms. The number of amides is 1. The minimum Gasteiger partial charge on any atom is -0.481 e. The topological polar surface area (TPSA) is 130 Å². The molecule has 9 nitrogen and oxygen atoms in total. The summed E-state index contributed by atoms with van der Waals surface area (Å²) in [6, 6.07) is 16.4. The largest absolute Gasteiger partial charge is 0.481 e. The van der Waals surface area contributed by atoms with E-state index in [4.69, 9.17) is 0 Å². The van der Waals surface area contributed by atoms with Crippen LogP contribution in [-0.4, -0.2) is 41.4 Å². The first kappa shape index (κ1) is 22.0. The third-order valence-corrected chi connectivity index (χ3v) is 5.06. The van der Waals surface area contributed by atoms with Gasteiger partial charge in [-0.3, -0.25) is 14.3 Å². The van der Waals surface area contributed by atoms with Crippen LogP contribution in [0, 0.1) is 6.92 Å². The second kappa shape index (κ2) is 9.00. The van der Waals surface area contributed by atoms with Gasteiger partial charge in [-0.1, -0.05) is 42.5 Å². The van der Waals surface area contributed by atoms with Crippen LogP contribution in [0.3, 0.4) is 0 Å². The summed E-state index contributed by atoms with van der Waals surface area (Å²) >= 11 is 0. The molecule has 1 unspecified atom stereocenters. The first-order valence-corrected chi connectivity index (χ1v) is 11.2. The molecule has 0 saturated heterocycles. The lowest BCUT2D eigenvalue weighted by atomic mass is 9.98. The lowest BCUT2D eigenvalue weighted by Gasteiger charge is -2.18. The number of nitrogens with one attached hydrogen (secondary N) is 2. The smallest absolute Gasteiger partial charge is 0.305 e. The second-order valence-electron chi connectivity index (χ2n) is 7.02. The molecule has 0 bridgehead atoms. The fourth-order valence-corrected chi connectivity index (χ4v) is 3.67. The molecule has 1 atom stereocenters. The van der Waals surface area contributed by atoms with Crippen LogP contribution in [-0.2, 0) is 14.8 Å². The van der Waals surface area contributed by atoms with Crippen molar-refractivity contribution in [2.24, 2.45) is 0 Å². The number of aryl methyl sites for hydroxylation is 1. The van der Waals surface area contributed by atoms with Crippen LogP contribution < -0.4 is 10.0 Å². The summed E-state index contributed by atoms with van der Waals surface area (Å²) in [7, 11) is -3.63. The summed E-state index contributed by atoms with van der Waals surface area (Å²) in [5.41, 5.74) is 2.01. The lowest BCUT2D eigenvalue weighted by molar-refractivity contribution is -0.137. The van der Waals surface area contributed by atoms with Crippen molar-refractivity contribution in [2.75, 3.05) is 11.0 Å². The van der Waals surface area contributed by atoms with Gasteiger partial charge in [-0.15, -0.1) is 0 Å². The van der Waals surface area contributed by atoms with Gasteiger partial charge in [0.2, 0.25) is 10.0 Å². The van der Waals surface area contributed by atoms with Crippen LogP contribution in [0.1, 0.15) is 34.1 Å². The van der Waals surface area contributed by atoms with E-state index in [1.807, 2.05) is 19.1 Å². The Labute approximate surface area is 179 Å². The molecule has 162 valence electrons. The van der Waals surface area contributed by atoms with E-state index in [1.165, 1.54) is 10.7 Å². The van der Waals surface area contributed by atoms with Crippen LogP contribution in [0.5, 0.6) is 0 Å². The zero-order valence-electron chi connectivity index (χ0n) is 16.9. The number of sulfonamides is 1. The molecule has 0 aliphatic carbocycles. The van der Waals surface area contributed by atoms with Gasteiger partial charge >= 0.3 is 5.97 Å². The van der Waals surface area contributed by atoms with Gasteiger partial charge in [0.1, 0.15) is 5.82 Å². The van der Waals surface area contributed by atoms with E-state index in [0.29, 0.717) is 11.3 Å². The van der Waals surface area contributed by atoms with Crippen molar-refractivity contribution in [3.63, 3.8) is 0 Å². The third kappa shape index (κ3) is 5.70. The number of aliphatic carboxylic acids is 1. The second-order valence-corrected chi connectivity index (χ2v) is 8.77. The zero-order chi connectivity index (χ0) is 22.6. The van der Waals surface area contributed by atoms with Crippen LogP contribution in [0.2, 0.25) is 0 Å². The number of rotatable bonds is 8. The number of carbonyl (C=O) groups excluding carboxylic acids is 1. The van der Waals surface area contributed by atoms with Gasteiger partial charge < -0.3 is 10.4 Å². The fourth-order valence-electron chi connectivity index (χ4n) is 3.14. The van der Waals surface area contributed by atoms with Crippen molar-refractivity contribution in [1.82, 2.24) is 15.1 Å². The van der Waals surface area contributed by atoms with Gasteiger partial charge in [0, 0.05) is 6.07 Å². The molecule has 31 heavy (non-hydrogen) atoms. The number of carboxylic acid groups (broad SMARTS) is 1. The summed E-state index contributed by atoms with van der Waals surface area (Å²) in [6.07, 6.45) is 0.681. The van der Waals surface area contributed by atoms with Crippen molar-refractivity contribution in [3.05, 3.63) is 77.5 Å². The maximum atomic E-state index is 12.9. The summed E-state index contributed by atoms with van der Waals surface area (Å²) < 4.78 is 27.2. The average Bonchev–Trinajstić information content (AvgIpc) is 3.10. The molecule has 3 aromatic rings. The van der Waals surface area contributed by atoms with E-state index < -0.39 is 27.9 Å². The Bertz CT molecular complexity index is 1210. The molecule has 0 saturated carbocycles. The van der Waals surface area contributed by atoms with E-state index in [2.05, 4.69) is 15.1 Å². The Morgan fingerprint density at radius 1 is 1.10 bits per heavy atom. The Morgan fingerprint density at radius 3 is 2.35 bits per heavy atom. The van der Waals surface area contributed by atoms with Crippen molar-refractivity contribution in [1.29, 1.82) is 0 Å². The number of hydrogen-bond acceptors (Lipinski definition) is 5. The standard InChI is InChI=1S/C21H22N4O5S/c1-14-8-6-7-11-16(14)17(13-20(26)27)22-21(28)18-12-19(24-31(2,29)30)25(23-18)15-9-4-3-5-10-15/h3-12,17,24H,13H2,1-2H3,(H,22,28)(H,26,27). The van der Waals surface area contributed by atoms with Gasteiger partial charge in [-0.05, 0) is 30.2 Å². The SMILES string of the molecule is Cc1ccccc1C(CC(=O)O)NC(=O)c1cc(NS(C)(=O)=O)n(-c2ccccc2)n1. The van der Waals surface area contributed by atoms with E-state index in [-0.39, 0.29) is 17.9 Å². The summed E-state index contributed by atoms with van der Waals surface area (Å²) in [4.78, 5) is 24.3. The van der Waals surface area contributed by atoms with Crippen molar-refractivity contribution < 1.29 is 23.1 Å². The molecule has 3 N–H and O–H groups in total. The van der Waals surface area contributed by atoms with Crippen LogP contribution in [0.15, 0.2) is 60.7 Å². The Kier molecular flexibility index (Phi) is 6.40. The third-order valence-electron chi connectivity index (χ3n) is 4.48. The van der Waals surface area contributed by atoms with E-state index in [1.54, 1.807) is 42.5 Å². The maximum absolute atomic E-state index is 12.9.